The zero-order valence-corrected chi connectivity index (χ0v) is 7.05. The van der Waals surface area contributed by atoms with Crippen LogP contribution in [0.3, 0.4) is 0 Å². The fourth-order valence-corrected chi connectivity index (χ4v) is 0.589. The molecule has 3 heteroatoms. The van der Waals surface area contributed by atoms with Crippen LogP contribution in [0.1, 0.15) is 12.8 Å². The van der Waals surface area contributed by atoms with Crippen molar-refractivity contribution in [3.05, 3.63) is 0 Å². The van der Waals surface area contributed by atoms with Crippen molar-refractivity contribution in [2.75, 3.05) is 27.7 Å². The number of quaternary nitrogens is 1. The third-order valence-electron chi connectivity index (χ3n) is 1.34. The van der Waals surface area contributed by atoms with Crippen LogP contribution in [0.2, 0.25) is 0 Å². The Hall–Kier alpha value is -0.410. The fourth-order valence-electron chi connectivity index (χ4n) is 0.589. The summed E-state index contributed by atoms with van der Waals surface area (Å²) in [5.74, 6) is 0.241. The molecule has 0 aliphatic rings. The molecule has 0 aromatic carbocycles. The highest BCUT2D eigenvalue weighted by atomic mass is 16.2. The van der Waals surface area contributed by atoms with Crippen molar-refractivity contribution >= 4 is 5.91 Å². The number of nitrogens with two attached hydrogens (primary N) is 1. The van der Waals surface area contributed by atoms with Gasteiger partial charge in [0.05, 0.1) is 27.6 Å². The number of amides is 1. The normalized spacial score (nSPS) is 11.6. The third kappa shape index (κ3) is 3.58. The summed E-state index contributed by atoms with van der Waals surface area (Å²) in [6.07, 6.45) is 1.40. The highest BCUT2D eigenvalue weighted by Gasteiger charge is 2.18. The summed E-state index contributed by atoms with van der Waals surface area (Å²) in [6.45, 7) is 0.603. The number of rotatable bonds is 3. The van der Waals surface area contributed by atoms with Gasteiger partial charge in [-0.2, -0.15) is 0 Å². The van der Waals surface area contributed by atoms with Crippen molar-refractivity contribution in [2.45, 2.75) is 12.8 Å². The van der Waals surface area contributed by atoms with Crippen LogP contribution < -0.4 is 5.73 Å². The molecule has 0 saturated heterocycles. The summed E-state index contributed by atoms with van der Waals surface area (Å²) in [4.78, 5) is 11.1. The van der Waals surface area contributed by atoms with Gasteiger partial charge in [0.25, 0.3) is 0 Å². The molecule has 0 bridgehead atoms. The summed E-state index contributed by atoms with van der Waals surface area (Å²) in [7, 11) is 5.62. The second kappa shape index (κ2) is 3.68. The van der Waals surface area contributed by atoms with Gasteiger partial charge in [-0.15, -0.1) is 0 Å². The predicted octanol–water partition coefficient (Wildman–Crippen LogP) is -0.0419. The Labute approximate surface area is 62.4 Å². The van der Waals surface area contributed by atoms with Gasteiger partial charge in [0.15, 0.2) is 0 Å². The van der Waals surface area contributed by atoms with Gasteiger partial charge < -0.3 is 5.73 Å². The standard InChI is InChI=1S/C7H17N2O/c1-9(2,3)7(10)5-4-6-8/h4-6,8H2,1-3H3/q+1. The molecule has 0 atom stereocenters. The first-order valence-electron chi connectivity index (χ1n) is 3.53. The van der Waals surface area contributed by atoms with Crippen LogP contribution in [0.15, 0.2) is 0 Å². The van der Waals surface area contributed by atoms with E-state index in [1.807, 2.05) is 21.1 Å². The van der Waals surface area contributed by atoms with E-state index in [2.05, 4.69) is 0 Å². The Balaban J connectivity index is 3.64. The molecule has 0 radical (unpaired) electrons. The van der Waals surface area contributed by atoms with E-state index in [1.54, 1.807) is 0 Å². The van der Waals surface area contributed by atoms with Crippen LogP contribution in [-0.4, -0.2) is 38.1 Å². The summed E-state index contributed by atoms with van der Waals surface area (Å²) >= 11 is 0. The lowest BCUT2D eigenvalue weighted by atomic mass is 10.3. The Kier molecular flexibility index (Phi) is 3.53. The number of carbonyl (C=O) groups excluding carboxylic acids is 1. The van der Waals surface area contributed by atoms with Gasteiger partial charge in [0.1, 0.15) is 0 Å². The minimum absolute atomic E-state index is 0.241. The molecule has 0 rings (SSSR count). The molecule has 0 aliphatic heterocycles. The second-order valence-corrected chi connectivity index (χ2v) is 3.30. The van der Waals surface area contributed by atoms with Crippen molar-refractivity contribution in [1.82, 2.24) is 0 Å². The van der Waals surface area contributed by atoms with Crippen LogP contribution in [0.4, 0.5) is 0 Å². The van der Waals surface area contributed by atoms with Crippen molar-refractivity contribution < 1.29 is 9.28 Å². The average Bonchev–Trinajstić information content (AvgIpc) is 1.80. The first-order valence-corrected chi connectivity index (χ1v) is 3.53. The van der Waals surface area contributed by atoms with Gasteiger partial charge in [0, 0.05) is 0 Å². The van der Waals surface area contributed by atoms with Gasteiger partial charge in [0.2, 0.25) is 0 Å². The SMILES string of the molecule is C[N+](C)(C)C(=O)CCCN. The minimum Gasteiger partial charge on any atom is -0.330 e. The first kappa shape index (κ1) is 9.59. The Morgan fingerprint density at radius 1 is 1.40 bits per heavy atom. The Morgan fingerprint density at radius 2 is 1.90 bits per heavy atom. The molecule has 0 aromatic heterocycles. The zero-order valence-electron chi connectivity index (χ0n) is 7.05. The van der Waals surface area contributed by atoms with Crippen LogP contribution in [0.25, 0.3) is 0 Å². The number of hydrogen-bond donors (Lipinski definition) is 1. The monoisotopic (exact) mass is 145 g/mol. The summed E-state index contributed by atoms with van der Waals surface area (Å²) in [5, 5.41) is 0. The lowest BCUT2D eigenvalue weighted by Gasteiger charge is -2.20. The van der Waals surface area contributed by atoms with Gasteiger partial charge in [-0.3, -0.25) is 4.48 Å². The number of hydrogen-bond acceptors (Lipinski definition) is 2. The topological polar surface area (TPSA) is 43.1 Å². The van der Waals surface area contributed by atoms with Crippen LogP contribution in [0, 0.1) is 0 Å². The molecule has 10 heavy (non-hydrogen) atoms. The highest BCUT2D eigenvalue weighted by molar-refractivity contribution is 5.68. The van der Waals surface area contributed by atoms with Crippen LogP contribution in [0.5, 0.6) is 0 Å². The molecular formula is C7H17N2O+. The van der Waals surface area contributed by atoms with E-state index in [1.165, 1.54) is 0 Å². The Bertz CT molecular complexity index is 115. The molecule has 0 unspecified atom stereocenters. The minimum atomic E-state index is 0.241. The molecule has 3 nitrogen and oxygen atoms in total. The second-order valence-electron chi connectivity index (χ2n) is 3.30. The zero-order chi connectivity index (χ0) is 8.20. The van der Waals surface area contributed by atoms with E-state index in [-0.39, 0.29) is 5.91 Å². The van der Waals surface area contributed by atoms with Gasteiger partial charge >= 0.3 is 5.91 Å². The van der Waals surface area contributed by atoms with E-state index in [0.717, 1.165) is 6.42 Å². The third-order valence-corrected chi connectivity index (χ3v) is 1.34. The molecule has 2 N–H and O–H groups in total. The predicted molar refractivity (Wildman–Crippen MR) is 41.3 cm³/mol. The smallest absolute Gasteiger partial charge is 0.313 e. The van der Waals surface area contributed by atoms with Gasteiger partial charge in [-0.1, -0.05) is 0 Å². The van der Waals surface area contributed by atoms with Crippen molar-refractivity contribution in [3.8, 4) is 0 Å². The molecule has 0 saturated carbocycles. The fraction of sp³-hybridized carbons (Fsp3) is 0.857. The van der Waals surface area contributed by atoms with Crippen molar-refractivity contribution in [3.63, 3.8) is 0 Å². The maximum Gasteiger partial charge on any atom is 0.313 e. The molecular weight excluding hydrogens is 128 g/mol. The maximum absolute atomic E-state index is 11.1. The van der Waals surface area contributed by atoms with Crippen LogP contribution in [-0.2, 0) is 4.79 Å². The summed E-state index contributed by atoms with van der Waals surface area (Å²) in [5.41, 5.74) is 5.26. The summed E-state index contributed by atoms with van der Waals surface area (Å²) in [6, 6.07) is 0. The van der Waals surface area contributed by atoms with E-state index in [9.17, 15) is 4.79 Å². The van der Waals surface area contributed by atoms with Gasteiger partial charge in [-0.25, -0.2) is 4.79 Å². The first-order chi connectivity index (χ1) is 4.48. The lowest BCUT2D eigenvalue weighted by Crippen LogP contribution is -2.41. The average molecular weight is 145 g/mol. The quantitative estimate of drug-likeness (QED) is 0.566. The molecule has 0 heterocycles. The Morgan fingerprint density at radius 3 is 2.20 bits per heavy atom. The van der Waals surface area contributed by atoms with E-state index in [0.29, 0.717) is 17.4 Å². The van der Waals surface area contributed by atoms with Crippen LogP contribution >= 0.6 is 0 Å². The maximum atomic E-state index is 11.1. The van der Waals surface area contributed by atoms with Crippen molar-refractivity contribution in [2.24, 2.45) is 5.73 Å². The molecule has 1 amide bonds. The lowest BCUT2D eigenvalue weighted by molar-refractivity contribution is -0.792. The van der Waals surface area contributed by atoms with E-state index >= 15 is 0 Å². The van der Waals surface area contributed by atoms with Gasteiger partial charge in [-0.05, 0) is 13.0 Å². The largest absolute Gasteiger partial charge is 0.330 e. The summed E-state index contributed by atoms with van der Waals surface area (Å²) < 4.78 is 0.403. The number of nitrogens with zero attached hydrogens (tertiary/aromatic N) is 1. The van der Waals surface area contributed by atoms with E-state index in [4.69, 9.17) is 5.73 Å². The number of carbonyl (C=O) groups is 1. The van der Waals surface area contributed by atoms with E-state index < -0.39 is 0 Å². The molecule has 60 valence electrons. The highest BCUT2D eigenvalue weighted by Crippen LogP contribution is 1.98. The molecule has 0 aliphatic carbocycles. The molecule has 0 spiro atoms. The molecule has 0 aromatic rings. The van der Waals surface area contributed by atoms with Crippen molar-refractivity contribution in [1.29, 1.82) is 0 Å². The molecule has 0 fully saturated rings.